The first-order valence-electron chi connectivity index (χ1n) is 14.3. The largest absolute Gasteiger partial charge is 0.507 e. The highest BCUT2D eigenvalue weighted by atomic mass is 16.6. The summed E-state index contributed by atoms with van der Waals surface area (Å²) in [7, 11) is 2.02. The smallest absolute Gasteiger partial charge is 0.358 e. The highest BCUT2D eigenvalue weighted by Crippen LogP contribution is 2.57. The van der Waals surface area contributed by atoms with E-state index in [4.69, 9.17) is 18.9 Å². The molecule has 2 aromatic rings. The molecule has 2 aliphatic heterocycles. The quantitative estimate of drug-likeness (QED) is 0.264. The number of rotatable bonds is 3. The van der Waals surface area contributed by atoms with Gasteiger partial charge < -0.3 is 49.6 Å². The number of fused-ring (bicyclic) bond motifs is 4. The minimum absolute atomic E-state index is 0.0395. The lowest BCUT2D eigenvalue weighted by atomic mass is 9.72. The van der Waals surface area contributed by atoms with E-state index in [0.717, 1.165) is 14.2 Å². The lowest BCUT2D eigenvalue weighted by molar-refractivity contribution is -0.170. The van der Waals surface area contributed by atoms with Gasteiger partial charge in [-0.25, -0.2) is 9.59 Å². The number of Topliss-reactive ketones (excluding diaryl/α,β-unsaturated/α-hetero) is 2. The van der Waals surface area contributed by atoms with Crippen molar-refractivity contribution in [3.63, 3.8) is 0 Å². The van der Waals surface area contributed by atoms with E-state index in [1.807, 2.05) is 0 Å². The molecule has 2 aromatic carbocycles. The molecule has 0 unspecified atom stereocenters. The Morgan fingerprint density at radius 1 is 0.739 bits per heavy atom. The van der Waals surface area contributed by atoms with Gasteiger partial charge in [-0.3, -0.25) is 9.59 Å². The first kappa shape index (κ1) is 30.9. The van der Waals surface area contributed by atoms with Gasteiger partial charge in [-0.05, 0) is 49.9 Å². The van der Waals surface area contributed by atoms with Crippen molar-refractivity contribution in [3.05, 3.63) is 45.5 Å². The third-order valence-electron chi connectivity index (χ3n) is 9.16. The lowest BCUT2D eigenvalue weighted by Crippen LogP contribution is -2.61. The maximum absolute atomic E-state index is 13.3. The normalized spacial score (nSPS) is 26.7. The van der Waals surface area contributed by atoms with Crippen molar-refractivity contribution in [1.82, 2.24) is 0 Å². The average molecular weight is 639 g/mol. The van der Waals surface area contributed by atoms with Crippen LogP contribution in [0.1, 0.15) is 47.9 Å². The number of carbonyl (C=O) groups excluding carboxylic acids is 4. The summed E-state index contributed by atoms with van der Waals surface area (Å²) in [5, 5.41) is 67.7. The molecule has 14 nitrogen and oxygen atoms in total. The highest BCUT2D eigenvalue weighted by Gasteiger charge is 2.63. The predicted molar refractivity (Wildman–Crippen MR) is 155 cm³/mol. The number of ketones is 2. The molecule has 0 radical (unpaired) electrons. The molecule has 2 fully saturated rings. The first-order valence-corrected chi connectivity index (χ1v) is 14.3. The van der Waals surface area contributed by atoms with Crippen molar-refractivity contribution in [2.45, 2.75) is 62.9 Å². The molecule has 0 aromatic heterocycles. The number of carbonyl (C=O) groups is 4. The van der Waals surface area contributed by atoms with E-state index >= 15 is 0 Å². The van der Waals surface area contributed by atoms with Crippen molar-refractivity contribution in [2.75, 3.05) is 14.2 Å². The van der Waals surface area contributed by atoms with Crippen LogP contribution in [0.15, 0.2) is 23.3 Å². The molecule has 0 saturated heterocycles. The maximum Gasteiger partial charge on any atom is 0.358 e. The van der Waals surface area contributed by atoms with Crippen LogP contribution in [0.5, 0.6) is 23.0 Å². The molecular formula is C32H30O14. The van der Waals surface area contributed by atoms with E-state index in [1.165, 1.54) is 26.0 Å². The Kier molecular flexibility index (Phi) is 6.87. The Hall–Kier alpha value is -5.08. The van der Waals surface area contributed by atoms with Gasteiger partial charge in [-0.15, -0.1) is 0 Å². The van der Waals surface area contributed by atoms with Gasteiger partial charge >= 0.3 is 11.9 Å². The topological polar surface area (TPSA) is 227 Å². The fraction of sp³-hybridized carbons (Fsp3) is 0.375. The van der Waals surface area contributed by atoms with Gasteiger partial charge in [0.15, 0.2) is 11.6 Å². The second-order valence-electron chi connectivity index (χ2n) is 11.6. The summed E-state index contributed by atoms with van der Waals surface area (Å²) in [6.07, 6.45) is -4.15. The average Bonchev–Trinajstić information content (AvgIpc) is 3.00. The number of benzene rings is 2. The number of aryl methyl sites for hydroxylation is 2. The second-order valence-corrected chi connectivity index (χ2v) is 11.6. The van der Waals surface area contributed by atoms with Crippen molar-refractivity contribution in [1.29, 1.82) is 0 Å². The third-order valence-corrected chi connectivity index (χ3v) is 9.16. The molecule has 6 N–H and O–H groups in total. The number of aliphatic hydroxyl groups is 4. The Morgan fingerprint density at radius 2 is 1.22 bits per heavy atom. The van der Waals surface area contributed by atoms with Crippen molar-refractivity contribution in [3.8, 4) is 34.1 Å². The number of phenols is 2. The molecule has 0 spiro atoms. The van der Waals surface area contributed by atoms with Gasteiger partial charge in [-0.2, -0.15) is 0 Å². The van der Waals surface area contributed by atoms with E-state index in [9.17, 15) is 49.8 Å². The molecule has 4 atom stereocenters. The van der Waals surface area contributed by atoms with Crippen LogP contribution >= 0.6 is 0 Å². The van der Waals surface area contributed by atoms with Crippen LogP contribution in [-0.4, -0.2) is 91.8 Å². The van der Waals surface area contributed by atoms with Crippen LogP contribution in [0.4, 0.5) is 0 Å². The number of aliphatic hydroxyl groups excluding tert-OH is 4. The number of hydrogen-bond donors (Lipinski definition) is 6. The van der Waals surface area contributed by atoms with Crippen LogP contribution < -0.4 is 9.47 Å². The Bertz CT molecular complexity index is 1850. The van der Waals surface area contributed by atoms with Gasteiger partial charge in [0, 0.05) is 24.0 Å². The number of esters is 2. The van der Waals surface area contributed by atoms with Crippen molar-refractivity contribution in [2.24, 2.45) is 0 Å². The van der Waals surface area contributed by atoms with E-state index < -0.39 is 98.0 Å². The molecule has 2 aliphatic carbocycles. The SMILES string of the molecule is COC(=O)[C@]12Oc3cc(C)c(-c4c(C)cc(O)c5c4O[C@@]4(C(=O)OC)C(=C5O)C(=O)CC[C@@H]4O)c(O)c3C(O)=C1C(=O)CC[C@@H]2O. The second kappa shape index (κ2) is 10.2. The molecular weight excluding hydrogens is 608 g/mol. The van der Waals surface area contributed by atoms with E-state index in [0.29, 0.717) is 0 Å². The number of aromatic hydroxyl groups is 2. The maximum atomic E-state index is 13.3. The Balaban J connectivity index is 1.68. The molecule has 46 heavy (non-hydrogen) atoms. The summed E-state index contributed by atoms with van der Waals surface area (Å²) < 4.78 is 21.8. The van der Waals surface area contributed by atoms with Gasteiger partial charge in [-0.1, -0.05) is 0 Å². The molecule has 0 bridgehead atoms. The van der Waals surface area contributed by atoms with Crippen LogP contribution in [0.2, 0.25) is 0 Å². The summed E-state index contributed by atoms with van der Waals surface area (Å²) in [6, 6.07) is 2.52. The zero-order valence-electron chi connectivity index (χ0n) is 25.1. The summed E-state index contributed by atoms with van der Waals surface area (Å²) in [5.41, 5.74) is -6.73. The number of hydrogen-bond acceptors (Lipinski definition) is 14. The Labute approximate surface area is 260 Å². The lowest BCUT2D eigenvalue weighted by Gasteiger charge is -2.44. The zero-order chi connectivity index (χ0) is 33.6. The standard InChI is InChI=1S/C32H30O14/c1-11-9-15(35)21-26(39)23-13(33)6-8-18(37)32(23,30(42)44-4)46-28(21)20(11)19-12(2)10-16-22(25(19)38)27(40)24-14(34)5-7-17(36)31(24,45-16)29(41)43-3/h9-10,17-18,35-40H,5-8H2,1-4H3/t17-,18-,31+,32+/m0/s1. The summed E-state index contributed by atoms with van der Waals surface area (Å²) in [4.78, 5) is 52.4. The van der Waals surface area contributed by atoms with Crippen LogP contribution in [-0.2, 0) is 28.7 Å². The summed E-state index contributed by atoms with van der Waals surface area (Å²) in [6.45, 7) is 3.00. The molecule has 0 amide bonds. The minimum atomic E-state index is -2.54. The number of methoxy groups -OCH3 is 2. The van der Waals surface area contributed by atoms with E-state index in [-0.39, 0.29) is 53.7 Å². The van der Waals surface area contributed by atoms with Crippen molar-refractivity contribution < 1.29 is 68.8 Å². The minimum Gasteiger partial charge on any atom is -0.507 e. The predicted octanol–water partition coefficient (Wildman–Crippen LogP) is 1.98. The van der Waals surface area contributed by atoms with Gasteiger partial charge in [0.25, 0.3) is 11.2 Å². The van der Waals surface area contributed by atoms with Gasteiger partial charge in [0.05, 0.1) is 25.4 Å². The molecule has 6 rings (SSSR count). The zero-order valence-corrected chi connectivity index (χ0v) is 25.1. The summed E-state index contributed by atoms with van der Waals surface area (Å²) >= 11 is 0. The van der Waals surface area contributed by atoms with Crippen LogP contribution in [0.3, 0.4) is 0 Å². The molecule has 2 heterocycles. The monoisotopic (exact) mass is 638 g/mol. The fourth-order valence-electron chi connectivity index (χ4n) is 7.05. The van der Waals surface area contributed by atoms with E-state index in [1.54, 1.807) is 0 Å². The van der Waals surface area contributed by atoms with Gasteiger partial charge in [0.1, 0.15) is 57.9 Å². The summed E-state index contributed by atoms with van der Waals surface area (Å²) in [5.74, 6) is -7.47. The Morgan fingerprint density at radius 3 is 1.74 bits per heavy atom. The molecule has 14 heteroatoms. The number of phenolic OH excluding ortho intramolecular Hbond substituents is 2. The van der Waals surface area contributed by atoms with Crippen molar-refractivity contribution >= 4 is 35.0 Å². The van der Waals surface area contributed by atoms with Crippen LogP contribution in [0.25, 0.3) is 22.6 Å². The molecule has 242 valence electrons. The number of ether oxygens (including phenoxy) is 4. The fourth-order valence-corrected chi connectivity index (χ4v) is 7.05. The molecule has 4 aliphatic rings. The van der Waals surface area contributed by atoms with E-state index in [2.05, 4.69) is 0 Å². The molecule has 2 saturated carbocycles. The van der Waals surface area contributed by atoms with Gasteiger partial charge in [0.2, 0.25) is 0 Å². The third kappa shape index (κ3) is 3.70. The first-order chi connectivity index (χ1) is 21.7. The highest BCUT2D eigenvalue weighted by molar-refractivity contribution is 6.14. The van der Waals surface area contributed by atoms with Crippen LogP contribution in [0, 0.1) is 13.8 Å².